The first kappa shape index (κ1) is 17.1. The summed E-state index contributed by atoms with van der Waals surface area (Å²) in [5, 5.41) is 22.3. The van der Waals surface area contributed by atoms with Crippen LogP contribution in [0.25, 0.3) is 0 Å². The highest BCUT2D eigenvalue weighted by molar-refractivity contribution is 5.80. The molecule has 1 aromatic heterocycles. The van der Waals surface area contributed by atoms with Crippen molar-refractivity contribution < 1.29 is 9.90 Å². The van der Waals surface area contributed by atoms with Gasteiger partial charge in [0.25, 0.3) is 0 Å². The van der Waals surface area contributed by atoms with Crippen molar-refractivity contribution in [2.75, 3.05) is 13.1 Å². The highest BCUT2D eigenvalue weighted by atomic mass is 16.3. The highest BCUT2D eigenvalue weighted by Gasteiger charge is 2.44. The third-order valence-electron chi connectivity index (χ3n) is 5.98. The Labute approximate surface area is 153 Å². The quantitative estimate of drug-likeness (QED) is 0.901. The first-order valence-electron chi connectivity index (χ1n) is 9.43. The number of tetrazole rings is 1. The lowest BCUT2D eigenvalue weighted by Crippen LogP contribution is -2.55. The zero-order chi connectivity index (χ0) is 18.0. The van der Waals surface area contributed by atoms with Crippen molar-refractivity contribution in [2.24, 2.45) is 5.92 Å². The minimum Gasteiger partial charge on any atom is -0.389 e. The number of amides is 1. The molecule has 0 unspecified atom stereocenters. The van der Waals surface area contributed by atoms with Crippen molar-refractivity contribution in [3.63, 3.8) is 0 Å². The standard InChI is InChI=1S/C19H25N5O2/c25-18(23-11-10-19(26)9-5-4-8-16(19)13-23)17(24-14-20-21-22-24)12-15-6-2-1-3-7-15/h1-3,6-7,14,16-17,26H,4-5,8-13H2/t16-,17-,19+/m0/s1. The van der Waals surface area contributed by atoms with Gasteiger partial charge in [-0.15, -0.1) is 5.10 Å². The van der Waals surface area contributed by atoms with E-state index in [1.54, 1.807) is 4.68 Å². The maximum Gasteiger partial charge on any atom is 0.247 e. The van der Waals surface area contributed by atoms with Crippen LogP contribution in [0.3, 0.4) is 0 Å². The van der Waals surface area contributed by atoms with Gasteiger partial charge in [0.05, 0.1) is 5.60 Å². The number of hydrogen-bond donors (Lipinski definition) is 1. The summed E-state index contributed by atoms with van der Waals surface area (Å²) in [7, 11) is 0. The Bertz CT molecular complexity index is 736. The van der Waals surface area contributed by atoms with Gasteiger partial charge in [0.1, 0.15) is 12.4 Å². The van der Waals surface area contributed by atoms with Crippen LogP contribution < -0.4 is 0 Å². The van der Waals surface area contributed by atoms with Crippen molar-refractivity contribution in [2.45, 2.75) is 50.2 Å². The molecule has 1 N–H and O–H groups in total. The third-order valence-corrected chi connectivity index (χ3v) is 5.98. The molecule has 2 fully saturated rings. The minimum atomic E-state index is -0.585. The molecule has 1 aliphatic carbocycles. The molecule has 1 aliphatic heterocycles. The van der Waals surface area contributed by atoms with Crippen LogP contribution in [0.1, 0.15) is 43.7 Å². The Morgan fingerprint density at radius 2 is 2.12 bits per heavy atom. The number of rotatable bonds is 4. The number of likely N-dealkylation sites (tertiary alicyclic amines) is 1. The molecular weight excluding hydrogens is 330 g/mol. The van der Waals surface area contributed by atoms with Crippen LogP contribution in [0.4, 0.5) is 0 Å². The van der Waals surface area contributed by atoms with Gasteiger partial charge in [-0.05, 0) is 35.3 Å². The number of aliphatic hydroxyl groups is 1. The molecule has 3 atom stereocenters. The van der Waals surface area contributed by atoms with Gasteiger partial charge < -0.3 is 10.0 Å². The molecule has 2 aliphatic rings. The highest BCUT2D eigenvalue weighted by Crippen LogP contribution is 2.40. The Hall–Kier alpha value is -2.28. The van der Waals surface area contributed by atoms with E-state index in [1.165, 1.54) is 6.33 Å². The molecule has 0 bridgehead atoms. The summed E-state index contributed by atoms with van der Waals surface area (Å²) in [6, 6.07) is 9.48. The minimum absolute atomic E-state index is 0.0359. The van der Waals surface area contributed by atoms with E-state index in [0.717, 1.165) is 31.2 Å². The number of nitrogens with zero attached hydrogens (tertiary/aromatic N) is 5. The van der Waals surface area contributed by atoms with E-state index < -0.39 is 11.6 Å². The van der Waals surface area contributed by atoms with Crippen molar-refractivity contribution in [3.8, 4) is 0 Å². The average molecular weight is 355 g/mol. The van der Waals surface area contributed by atoms with E-state index in [0.29, 0.717) is 25.9 Å². The molecule has 7 heteroatoms. The maximum atomic E-state index is 13.3. The van der Waals surface area contributed by atoms with Gasteiger partial charge in [0.2, 0.25) is 5.91 Å². The third kappa shape index (κ3) is 3.35. The molecule has 2 aromatic rings. The van der Waals surface area contributed by atoms with Gasteiger partial charge in [0, 0.05) is 25.4 Å². The number of fused-ring (bicyclic) bond motifs is 1. The lowest BCUT2D eigenvalue weighted by molar-refractivity contribution is -0.147. The second-order valence-corrected chi connectivity index (χ2v) is 7.58. The number of hydrogen-bond acceptors (Lipinski definition) is 5. The van der Waals surface area contributed by atoms with E-state index in [1.807, 2.05) is 35.2 Å². The zero-order valence-corrected chi connectivity index (χ0v) is 14.9. The fourth-order valence-corrected chi connectivity index (χ4v) is 4.42. The first-order valence-corrected chi connectivity index (χ1v) is 9.43. The summed E-state index contributed by atoms with van der Waals surface area (Å²) < 4.78 is 1.55. The molecule has 138 valence electrons. The monoisotopic (exact) mass is 355 g/mol. The topological polar surface area (TPSA) is 84.1 Å². The average Bonchev–Trinajstić information content (AvgIpc) is 3.20. The van der Waals surface area contributed by atoms with Crippen molar-refractivity contribution in [1.82, 2.24) is 25.1 Å². The summed E-state index contributed by atoms with van der Waals surface area (Å²) in [6.45, 7) is 1.22. The first-order chi connectivity index (χ1) is 12.7. The molecule has 7 nitrogen and oxygen atoms in total. The lowest BCUT2D eigenvalue weighted by Gasteiger charge is -2.47. The Balaban J connectivity index is 1.53. The molecule has 2 heterocycles. The Kier molecular flexibility index (Phi) is 4.72. The number of carbonyl (C=O) groups excluding carboxylic acids is 1. The summed E-state index contributed by atoms with van der Waals surface area (Å²) in [5.74, 6) is 0.217. The summed E-state index contributed by atoms with van der Waals surface area (Å²) in [4.78, 5) is 15.2. The van der Waals surface area contributed by atoms with E-state index in [4.69, 9.17) is 0 Å². The van der Waals surface area contributed by atoms with Crippen LogP contribution in [-0.4, -0.2) is 54.8 Å². The van der Waals surface area contributed by atoms with Crippen molar-refractivity contribution in [1.29, 1.82) is 0 Å². The normalized spacial score (nSPS) is 27.0. The Morgan fingerprint density at radius 3 is 2.88 bits per heavy atom. The van der Waals surface area contributed by atoms with E-state index in [-0.39, 0.29) is 11.8 Å². The van der Waals surface area contributed by atoms with Gasteiger partial charge in [-0.1, -0.05) is 43.2 Å². The summed E-state index contributed by atoms with van der Waals surface area (Å²) in [6.07, 6.45) is 6.80. The van der Waals surface area contributed by atoms with E-state index >= 15 is 0 Å². The molecule has 1 saturated heterocycles. The summed E-state index contributed by atoms with van der Waals surface area (Å²) >= 11 is 0. The molecule has 1 saturated carbocycles. The van der Waals surface area contributed by atoms with Gasteiger partial charge in [-0.2, -0.15) is 0 Å². The number of benzene rings is 1. The Morgan fingerprint density at radius 1 is 1.27 bits per heavy atom. The van der Waals surface area contributed by atoms with Crippen LogP contribution in [0.15, 0.2) is 36.7 Å². The lowest BCUT2D eigenvalue weighted by atomic mass is 9.71. The predicted octanol–water partition coefficient (Wildman–Crippen LogP) is 1.61. The van der Waals surface area contributed by atoms with E-state index in [9.17, 15) is 9.90 Å². The number of aromatic nitrogens is 4. The SMILES string of the molecule is O=C([C@H](Cc1ccccc1)n1cnnn1)N1CC[C@]2(O)CCCC[C@H]2C1. The van der Waals surface area contributed by atoms with Crippen LogP contribution in [-0.2, 0) is 11.2 Å². The van der Waals surface area contributed by atoms with E-state index in [2.05, 4.69) is 15.5 Å². The molecule has 0 spiro atoms. The number of carbonyl (C=O) groups is 1. The van der Waals surface area contributed by atoms with Gasteiger partial charge in [-0.3, -0.25) is 4.79 Å². The largest absolute Gasteiger partial charge is 0.389 e. The van der Waals surface area contributed by atoms with Crippen LogP contribution in [0.5, 0.6) is 0 Å². The molecule has 0 radical (unpaired) electrons. The molecule has 1 aromatic carbocycles. The van der Waals surface area contributed by atoms with Crippen molar-refractivity contribution >= 4 is 5.91 Å². The number of piperidine rings is 1. The summed E-state index contributed by atoms with van der Waals surface area (Å²) in [5.41, 5.74) is 0.492. The van der Waals surface area contributed by atoms with Gasteiger partial charge in [-0.25, -0.2) is 4.68 Å². The predicted molar refractivity (Wildman–Crippen MR) is 95.1 cm³/mol. The molecule has 1 amide bonds. The second kappa shape index (κ2) is 7.15. The van der Waals surface area contributed by atoms with Gasteiger partial charge in [0.15, 0.2) is 0 Å². The zero-order valence-electron chi connectivity index (χ0n) is 14.9. The fraction of sp³-hybridized carbons (Fsp3) is 0.579. The van der Waals surface area contributed by atoms with Crippen LogP contribution >= 0.6 is 0 Å². The smallest absolute Gasteiger partial charge is 0.247 e. The maximum absolute atomic E-state index is 13.3. The van der Waals surface area contributed by atoms with Crippen LogP contribution in [0, 0.1) is 5.92 Å². The van der Waals surface area contributed by atoms with Crippen molar-refractivity contribution in [3.05, 3.63) is 42.2 Å². The van der Waals surface area contributed by atoms with Crippen LogP contribution in [0.2, 0.25) is 0 Å². The fourth-order valence-electron chi connectivity index (χ4n) is 4.42. The van der Waals surface area contributed by atoms with Gasteiger partial charge >= 0.3 is 0 Å². The second-order valence-electron chi connectivity index (χ2n) is 7.58. The molecular formula is C19H25N5O2. The molecule has 4 rings (SSSR count). The molecule has 26 heavy (non-hydrogen) atoms.